The van der Waals surface area contributed by atoms with E-state index in [2.05, 4.69) is 0 Å². The minimum atomic E-state index is -0.799. The van der Waals surface area contributed by atoms with Crippen molar-refractivity contribution in [2.45, 2.75) is 45.4 Å². The Morgan fingerprint density at radius 2 is 1.79 bits per heavy atom. The number of aliphatic carboxylic acids is 1. The van der Waals surface area contributed by atoms with E-state index in [0.29, 0.717) is 13.1 Å². The number of rotatable bonds is 2. The first-order chi connectivity index (χ1) is 6.34. The van der Waals surface area contributed by atoms with Gasteiger partial charge in [0.15, 0.2) is 0 Å². The van der Waals surface area contributed by atoms with Crippen molar-refractivity contribution in [3.8, 4) is 0 Å². The van der Waals surface area contributed by atoms with Gasteiger partial charge in [-0.2, -0.15) is 0 Å². The molecule has 14 heavy (non-hydrogen) atoms. The molecule has 1 aliphatic heterocycles. The molecular formula is C10H19NO3. The van der Waals surface area contributed by atoms with Crippen LogP contribution in [0.4, 0.5) is 0 Å². The van der Waals surface area contributed by atoms with Gasteiger partial charge in [-0.25, -0.2) is 0 Å². The Morgan fingerprint density at radius 1 is 1.36 bits per heavy atom. The van der Waals surface area contributed by atoms with Crippen molar-refractivity contribution in [2.24, 2.45) is 0 Å². The van der Waals surface area contributed by atoms with E-state index < -0.39 is 11.5 Å². The molecule has 0 spiro atoms. The number of nitrogens with zero attached hydrogens (tertiary/aromatic N) is 1. The Kier molecular flexibility index (Phi) is 3.17. The van der Waals surface area contributed by atoms with E-state index in [0.717, 1.165) is 0 Å². The SMILES string of the molecule is CC1CN(C(C)(C)C(=O)O)CC(C)O1. The Balaban J connectivity index is 2.72. The molecule has 0 radical (unpaired) electrons. The van der Waals surface area contributed by atoms with E-state index in [1.807, 2.05) is 18.7 Å². The molecule has 1 N–H and O–H groups in total. The number of ether oxygens (including phenoxy) is 1. The summed E-state index contributed by atoms with van der Waals surface area (Å²) < 4.78 is 5.56. The fraction of sp³-hybridized carbons (Fsp3) is 0.900. The average Bonchev–Trinajstić information content (AvgIpc) is 2.01. The van der Waals surface area contributed by atoms with E-state index in [9.17, 15) is 4.79 Å². The third-order valence-corrected chi connectivity index (χ3v) is 2.73. The zero-order valence-electron chi connectivity index (χ0n) is 9.28. The molecule has 1 saturated heterocycles. The first kappa shape index (κ1) is 11.5. The summed E-state index contributed by atoms with van der Waals surface area (Å²) in [4.78, 5) is 13.0. The Labute approximate surface area is 84.8 Å². The molecule has 0 amide bonds. The summed E-state index contributed by atoms with van der Waals surface area (Å²) in [5, 5.41) is 9.08. The number of morpholine rings is 1. The Morgan fingerprint density at radius 3 is 2.14 bits per heavy atom. The van der Waals surface area contributed by atoms with Crippen molar-refractivity contribution in [1.82, 2.24) is 4.90 Å². The summed E-state index contributed by atoms with van der Waals surface area (Å²) in [6.07, 6.45) is 0.217. The van der Waals surface area contributed by atoms with Gasteiger partial charge >= 0.3 is 5.97 Å². The van der Waals surface area contributed by atoms with Gasteiger partial charge in [-0.15, -0.1) is 0 Å². The fourth-order valence-electron chi connectivity index (χ4n) is 1.77. The molecule has 1 rings (SSSR count). The summed E-state index contributed by atoms with van der Waals surface area (Å²) in [5.74, 6) is -0.779. The number of carbonyl (C=O) groups is 1. The topological polar surface area (TPSA) is 49.8 Å². The third-order valence-electron chi connectivity index (χ3n) is 2.73. The van der Waals surface area contributed by atoms with Gasteiger partial charge in [0.05, 0.1) is 12.2 Å². The summed E-state index contributed by atoms with van der Waals surface area (Å²) in [5.41, 5.74) is -0.799. The van der Waals surface area contributed by atoms with Crippen LogP contribution in [0, 0.1) is 0 Å². The molecule has 0 aromatic heterocycles. The lowest BCUT2D eigenvalue weighted by molar-refractivity contribution is -0.157. The van der Waals surface area contributed by atoms with Crippen LogP contribution in [0.3, 0.4) is 0 Å². The van der Waals surface area contributed by atoms with Gasteiger partial charge in [0, 0.05) is 13.1 Å². The molecule has 0 bridgehead atoms. The first-order valence-corrected chi connectivity index (χ1v) is 4.98. The molecule has 4 nitrogen and oxygen atoms in total. The van der Waals surface area contributed by atoms with Crippen LogP contribution in [-0.4, -0.2) is 46.8 Å². The summed E-state index contributed by atoms with van der Waals surface area (Å²) in [7, 11) is 0. The fourth-order valence-corrected chi connectivity index (χ4v) is 1.77. The minimum absolute atomic E-state index is 0.109. The van der Waals surface area contributed by atoms with Crippen LogP contribution in [0.1, 0.15) is 27.7 Å². The molecule has 0 aromatic rings. The van der Waals surface area contributed by atoms with E-state index >= 15 is 0 Å². The Bertz CT molecular complexity index is 217. The van der Waals surface area contributed by atoms with Gasteiger partial charge in [-0.3, -0.25) is 9.69 Å². The van der Waals surface area contributed by atoms with Crippen molar-refractivity contribution in [3.63, 3.8) is 0 Å². The van der Waals surface area contributed by atoms with Crippen LogP contribution in [0.2, 0.25) is 0 Å². The lowest BCUT2D eigenvalue weighted by Crippen LogP contribution is -2.58. The second-order valence-corrected chi connectivity index (χ2v) is 4.53. The lowest BCUT2D eigenvalue weighted by Gasteiger charge is -2.42. The molecule has 2 unspecified atom stereocenters. The number of hydrogen-bond acceptors (Lipinski definition) is 3. The molecule has 0 saturated carbocycles. The summed E-state index contributed by atoms with van der Waals surface area (Å²) >= 11 is 0. The van der Waals surface area contributed by atoms with Crippen LogP contribution in [0.5, 0.6) is 0 Å². The van der Waals surface area contributed by atoms with Gasteiger partial charge in [0.25, 0.3) is 0 Å². The first-order valence-electron chi connectivity index (χ1n) is 4.98. The average molecular weight is 201 g/mol. The molecule has 82 valence electrons. The summed E-state index contributed by atoms with van der Waals surface area (Å²) in [6.45, 7) is 8.79. The van der Waals surface area contributed by atoms with E-state index in [-0.39, 0.29) is 12.2 Å². The molecule has 1 fully saturated rings. The highest BCUT2D eigenvalue weighted by molar-refractivity contribution is 5.77. The molecule has 1 aliphatic rings. The highest BCUT2D eigenvalue weighted by atomic mass is 16.5. The smallest absolute Gasteiger partial charge is 0.323 e. The zero-order chi connectivity index (χ0) is 10.9. The minimum Gasteiger partial charge on any atom is -0.480 e. The lowest BCUT2D eigenvalue weighted by atomic mass is 10.0. The van der Waals surface area contributed by atoms with Crippen LogP contribution < -0.4 is 0 Å². The highest BCUT2D eigenvalue weighted by Crippen LogP contribution is 2.21. The third kappa shape index (κ3) is 2.25. The van der Waals surface area contributed by atoms with E-state index in [4.69, 9.17) is 9.84 Å². The van der Waals surface area contributed by atoms with Gasteiger partial charge in [-0.1, -0.05) is 0 Å². The normalized spacial score (nSPS) is 30.3. The number of hydrogen-bond donors (Lipinski definition) is 1. The molecule has 0 aromatic carbocycles. The van der Waals surface area contributed by atoms with E-state index in [1.165, 1.54) is 0 Å². The van der Waals surface area contributed by atoms with Crippen LogP contribution in [-0.2, 0) is 9.53 Å². The second-order valence-electron chi connectivity index (χ2n) is 4.53. The largest absolute Gasteiger partial charge is 0.480 e. The van der Waals surface area contributed by atoms with Crippen molar-refractivity contribution in [1.29, 1.82) is 0 Å². The monoisotopic (exact) mass is 201 g/mol. The van der Waals surface area contributed by atoms with Crippen molar-refractivity contribution < 1.29 is 14.6 Å². The van der Waals surface area contributed by atoms with Gasteiger partial charge in [0.2, 0.25) is 0 Å². The quantitative estimate of drug-likeness (QED) is 0.723. The predicted molar refractivity (Wildman–Crippen MR) is 53.3 cm³/mol. The van der Waals surface area contributed by atoms with Gasteiger partial charge < -0.3 is 9.84 Å². The molecular weight excluding hydrogens is 182 g/mol. The highest BCUT2D eigenvalue weighted by Gasteiger charge is 2.38. The van der Waals surface area contributed by atoms with E-state index in [1.54, 1.807) is 13.8 Å². The second kappa shape index (κ2) is 3.87. The maximum atomic E-state index is 11.1. The number of carboxylic acid groups (broad SMARTS) is 1. The molecule has 2 atom stereocenters. The predicted octanol–water partition coefficient (Wildman–Crippen LogP) is 0.959. The van der Waals surface area contributed by atoms with Gasteiger partial charge in [0.1, 0.15) is 5.54 Å². The maximum Gasteiger partial charge on any atom is 0.323 e. The molecule has 0 aliphatic carbocycles. The van der Waals surface area contributed by atoms with Crippen molar-refractivity contribution in [3.05, 3.63) is 0 Å². The van der Waals surface area contributed by atoms with Gasteiger partial charge in [-0.05, 0) is 27.7 Å². The van der Waals surface area contributed by atoms with Crippen LogP contribution in [0.25, 0.3) is 0 Å². The number of carboxylic acids is 1. The molecule has 4 heteroatoms. The van der Waals surface area contributed by atoms with Crippen LogP contribution >= 0.6 is 0 Å². The maximum absolute atomic E-state index is 11.1. The zero-order valence-corrected chi connectivity index (χ0v) is 9.28. The van der Waals surface area contributed by atoms with Crippen molar-refractivity contribution >= 4 is 5.97 Å². The Hall–Kier alpha value is -0.610. The van der Waals surface area contributed by atoms with Crippen LogP contribution in [0.15, 0.2) is 0 Å². The summed E-state index contributed by atoms with van der Waals surface area (Å²) in [6, 6.07) is 0. The standard InChI is InChI=1S/C10H19NO3/c1-7-5-11(6-8(2)14-7)10(3,4)9(12)13/h7-8H,5-6H2,1-4H3,(H,12,13). The molecule has 1 heterocycles. The van der Waals surface area contributed by atoms with Crippen molar-refractivity contribution in [2.75, 3.05) is 13.1 Å².